The topological polar surface area (TPSA) is 27.1 Å². The van der Waals surface area contributed by atoms with Gasteiger partial charge in [-0.15, -0.1) is 0 Å². The number of benzene rings is 1. The highest BCUT2D eigenvalue weighted by atomic mass is 16.5. The number of nitrogens with zero attached hydrogens (tertiary/aromatic N) is 2. The average Bonchev–Trinajstić information content (AvgIpc) is 2.92. The Morgan fingerprint density at radius 1 is 1.09 bits per heavy atom. The van der Waals surface area contributed by atoms with Gasteiger partial charge in [-0.2, -0.15) is 0 Å². The lowest BCUT2D eigenvalue weighted by atomic mass is 9.92. The lowest BCUT2D eigenvalue weighted by Crippen LogP contribution is -2.11. The summed E-state index contributed by atoms with van der Waals surface area (Å²) in [6, 6.07) is 11.2. The van der Waals surface area contributed by atoms with E-state index >= 15 is 0 Å². The second kappa shape index (κ2) is 8.00. The summed E-state index contributed by atoms with van der Waals surface area (Å²) < 4.78 is 8.17. The average molecular weight is 312 g/mol. The minimum absolute atomic E-state index is 0.475. The summed E-state index contributed by atoms with van der Waals surface area (Å²) in [5.41, 5.74) is 2.67. The van der Waals surface area contributed by atoms with Crippen molar-refractivity contribution < 1.29 is 4.74 Å². The lowest BCUT2D eigenvalue weighted by Gasteiger charge is -2.19. The molecule has 0 unspecified atom stereocenters. The quantitative estimate of drug-likeness (QED) is 0.666. The number of hydrogen-bond acceptors (Lipinski definition) is 2. The van der Waals surface area contributed by atoms with Gasteiger partial charge in [-0.25, -0.2) is 4.98 Å². The first-order chi connectivity index (χ1) is 11.0. The van der Waals surface area contributed by atoms with E-state index in [1.807, 2.05) is 19.2 Å². The Hall–Kier alpha value is -2.03. The van der Waals surface area contributed by atoms with Crippen LogP contribution in [-0.4, -0.2) is 9.55 Å². The van der Waals surface area contributed by atoms with Gasteiger partial charge >= 0.3 is 6.01 Å². The van der Waals surface area contributed by atoms with E-state index in [0.29, 0.717) is 17.8 Å². The summed E-state index contributed by atoms with van der Waals surface area (Å²) in [4.78, 5) is 4.38. The molecule has 2 aromatic rings. The molecule has 2 rings (SSSR count). The molecule has 0 amide bonds. The first-order valence-electron chi connectivity index (χ1n) is 8.42. The minimum Gasteiger partial charge on any atom is -0.430 e. The van der Waals surface area contributed by atoms with E-state index in [1.165, 1.54) is 11.1 Å². The van der Waals surface area contributed by atoms with E-state index in [9.17, 15) is 0 Å². The third-order valence-electron chi connectivity index (χ3n) is 4.06. The standard InChI is InChI=1S/C20H28N2O/c1-15(2)19(16(3)4)17(5)23-20-21-12-14-22(20)13-11-18-9-7-6-8-10-18/h6-10,12,14-16H,11,13H2,1-5H3. The smallest absolute Gasteiger partial charge is 0.301 e. The molecule has 23 heavy (non-hydrogen) atoms. The summed E-state index contributed by atoms with van der Waals surface area (Å²) in [5.74, 6) is 1.92. The molecule has 1 aromatic heterocycles. The van der Waals surface area contributed by atoms with Crippen LogP contribution in [0.25, 0.3) is 0 Å². The van der Waals surface area contributed by atoms with Crippen molar-refractivity contribution in [2.45, 2.75) is 47.6 Å². The Morgan fingerprint density at radius 2 is 1.74 bits per heavy atom. The van der Waals surface area contributed by atoms with Crippen molar-refractivity contribution >= 4 is 0 Å². The molecule has 3 heteroatoms. The van der Waals surface area contributed by atoms with Crippen LogP contribution in [0.1, 0.15) is 40.2 Å². The molecule has 0 radical (unpaired) electrons. The molecule has 3 nitrogen and oxygen atoms in total. The first-order valence-corrected chi connectivity index (χ1v) is 8.42. The van der Waals surface area contributed by atoms with Crippen molar-refractivity contribution in [3.63, 3.8) is 0 Å². The molecular weight excluding hydrogens is 284 g/mol. The molecule has 0 atom stereocenters. The van der Waals surface area contributed by atoms with Gasteiger partial charge in [0, 0.05) is 18.9 Å². The van der Waals surface area contributed by atoms with Crippen LogP contribution in [-0.2, 0) is 13.0 Å². The molecule has 0 fully saturated rings. The van der Waals surface area contributed by atoms with Crippen LogP contribution in [0.15, 0.2) is 54.1 Å². The number of hydrogen-bond donors (Lipinski definition) is 0. The van der Waals surface area contributed by atoms with Crippen LogP contribution < -0.4 is 4.74 Å². The van der Waals surface area contributed by atoms with E-state index in [0.717, 1.165) is 18.7 Å². The highest BCUT2D eigenvalue weighted by Gasteiger charge is 2.15. The molecule has 0 bridgehead atoms. The normalized spacial score (nSPS) is 11.1. The maximum Gasteiger partial charge on any atom is 0.301 e. The van der Waals surface area contributed by atoms with E-state index in [4.69, 9.17) is 4.74 Å². The Morgan fingerprint density at radius 3 is 2.35 bits per heavy atom. The van der Waals surface area contributed by atoms with Crippen molar-refractivity contribution in [1.29, 1.82) is 0 Å². The fourth-order valence-corrected chi connectivity index (χ4v) is 3.14. The molecule has 0 aliphatic carbocycles. The molecule has 124 valence electrons. The second-order valence-corrected chi connectivity index (χ2v) is 6.56. The van der Waals surface area contributed by atoms with Gasteiger partial charge in [0.1, 0.15) is 5.76 Å². The lowest BCUT2D eigenvalue weighted by molar-refractivity contribution is 0.351. The predicted octanol–water partition coefficient (Wildman–Crippen LogP) is 5.09. The second-order valence-electron chi connectivity index (χ2n) is 6.56. The maximum atomic E-state index is 6.09. The summed E-state index contributed by atoms with van der Waals surface area (Å²) in [7, 11) is 0. The van der Waals surface area contributed by atoms with Gasteiger partial charge in [0.15, 0.2) is 0 Å². The number of ether oxygens (including phenoxy) is 1. The number of aryl methyl sites for hydroxylation is 2. The zero-order valence-corrected chi connectivity index (χ0v) is 14.9. The maximum absolute atomic E-state index is 6.09. The predicted molar refractivity (Wildman–Crippen MR) is 95.4 cm³/mol. The number of rotatable bonds is 7. The molecule has 0 spiro atoms. The van der Waals surface area contributed by atoms with E-state index in [1.54, 1.807) is 6.20 Å². The van der Waals surface area contributed by atoms with Gasteiger partial charge < -0.3 is 9.30 Å². The highest BCUT2D eigenvalue weighted by Crippen LogP contribution is 2.25. The van der Waals surface area contributed by atoms with Crippen LogP contribution >= 0.6 is 0 Å². The third-order valence-corrected chi connectivity index (χ3v) is 4.06. The first kappa shape index (κ1) is 17.3. The molecular formula is C20H28N2O. The van der Waals surface area contributed by atoms with Gasteiger partial charge in [-0.05, 0) is 36.3 Å². The van der Waals surface area contributed by atoms with Gasteiger partial charge in [0.2, 0.25) is 0 Å². The number of imidazole rings is 1. The van der Waals surface area contributed by atoms with Gasteiger partial charge in [0.25, 0.3) is 0 Å². The van der Waals surface area contributed by atoms with Gasteiger partial charge in [0.05, 0.1) is 0 Å². The molecule has 1 heterocycles. The van der Waals surface area contributed by atoms with Crippen LogP contribution in [0.5, 0.6) is 6.01 Å². The largest absolute Gasteiger partial charge is 0.430 e. The fraction of sp³-hybridized carbons (Fsp3) is 0.450. The molecule has 1 aromatic carbocycles. The molecule has 0 aliphatic rings. The summed E-state index contributed by atoms with van der Waals surface area (Å²) in [6.45, 7) is 11.8. The number of allylic oxidation sites excluding steroid dienone is 2. The molecule has 0 saturated carbocycles. The minimum atomic E-state index is 0.475. The van der Waals surface area contributed by atoms with Crippen LogP contribution in [0.4, 0.5) is 0 Å². The van der Waals surface area contributed by atoms with Gasteiger partial charge in [-0.1, -0.05) is 58.0 Å². The van der Waals surface area contributed by atoms with Crippen LogP contribution in [0, 0.1) is 11.8 Å². The molecule has 0 saturated heterocycles. The Kier molecular flexibility index (Phi) is 6.03. The van der Waals surface area contributed by atoms with Crippen LogP contribution in [0.2, 0.25) is 0 Å². The van der Waals surface area contributed by atoms with Crippen molar-refractivity contribution in [2.24, 2.45) is 11.8 Å². The van der Waals surface area contributed by atoms with Gasteiger partial charge in [-0.3, -0.25) is 0 Å². The summed E-state index contributed by atoms with van der Waals surface area (Å²) in [5, 5.41) is 0. The monoisotopic (exact) mass is 312 g/mol. The molecule has 0 N–H and O–H groups in total. The SMILES string of the molecule is CC(Oc1nccn1CCc1ccccc1)=C(C(C)C)C(C)C. The fourth-order valence-electron chi connectivity index (χ4n) is 3.14. The Balaban J connectivity index is 2.10. The van der Waals surface area contributed by atoms with E-state index in [2.05, 4.69) is 61.5 Å². The van der Waals surface area contributed by atoms with Crippen molar-refractivity contribution in [3.05, 3.63) is 59.6 Å². The van der Waals surface area contributed by atoms with Crippen molar-refractivity contribution in [3.8, 4) is 6.01 Å². The zero-order chi connectivity index (χ0) is 16.8. The van der Waals surface area contributed by atoms with Crippen molar-refractivity contribution in [2.75, 3.05) is 0 Å². The van der Waals surface area contributed by atoms with E-state index < -0.39 is 0 Å². The zero-order valence-electron chi connectivity index (χ0n) is 14.9. The van der Waals surface area contributed by atoms with Crippen LogP contribution in [0.3, 0.4) is 0 Å². The van der Waals surface area contributed by atoms with Crippen molar-refractivity contribution in [1.82, 2.24) is 9.55 Å². The molecule has 0 aliphatic heterocycles. The third kappa shape index (κ3) is 4.72. The van der Waals surface area contributed by atoms with E-state index in [-0.39, 0.29) is 0 Å². The Bertz CT molecular complexity index is 629. The summed E-state index contributed by atoms with van der Waals surface area (Å²) >= 11 is 0. The highest BCUT2D eigenvalue weighted by molar-refractivity contribution is 5.17. The number of aromatic nitrogens is 2. The summed E-state index contributed by atoms with van der Waals surface area (Å²) in [6.07, 6.45) is 4.76. The Labute approximate surface area is 140 Å².